The molecular weight excluding hydrogens is 210 g/mol. The summed E-state index contributed by atoms with van der Waals surface area (Å²) in [5.74, 6) is -1.49. The van der Waals surface area contributed by atoms with Crippen LogP contribution in [-0.4, -0.2) is 17.1 Å². The van der Waals surface area contributed by atoms with E-state index in [1.807, 2.05) is 5.32 Å². The van der Waals surface area contributed by atoms with Gasteiger partial charge in [0.25, 0.3) is 5.54 Å². The van der Waals surface area contributed by atoms with Gasteiger partial charge < -0.3 is 16.2 Å². The molecule has 1 aromatic carbocycles. The van der Waals surface area contributed by atoms with Crippen molar-refractivity contribution in [2.75, 3.05) is 0 Å². The van der Waals surface area contributed by atoms with E-state index >= 15 is 0 Å². The molecule has 1 unspecified atom stereocenters. The first-order chi connectivity index (χ1) is 7.53. The third kappa shape index (κ3) is 1.93. The lowest BCUT2D eigenvalue weighted by Crippen LogP contribution is -2.52. The highest BCUT2D eigenvalue weighted by molar-refractivity contribution is 5.89. The minimum absolute atomic E-state index is 0.142. The number of primary amides is 1. The number of urea groups is 1. The lowest BCUT2D eigenvalue weighted by atomic mass is 9.91. The van der Waals surface area contributed by atoms with E-state index in [-0.39, 0.29) is 5.56 Å². The number of rotatable bonds is 3. The second kappa shape index (κ2) is 4.31. The third-order valence-electron chi connectivity index (χ3n) is 2.01. The predicted molar refractivity (Wildman–Crippen MR) is 54.1 cm³/mol. The van der Waals surface area contributed by atoms with Crippen LogP contribution in [0.3, 0.4) is 0 Å². The number of carboxylic acid groups (broad SMARTS) is 1. The molecule has 6 nitrogen and oxygen atoms in total. The Morgan fingerprint density at radius 3 is 2.31 bits per heavy atom. The van der Waals surface area contributed by atoms with Crippen LogP contribution in [0.15, 0.2) is 30.3 Å². The van der Waals surface area contributed by atoms with Crippen molar-refractivity contribution in [1.29, 1.82) is 5.26 Å². The van der Waals surface area contributed by atoms with Gasteiger partial charge in [-0.25, -0.2) is 9.59 Å². The summed E-state index contributed by atoms with van der Waals surface area (Å²) in [6.07, 6.45) is 0. The van der Waals surface area contributed by atoms with Gasteiger partial charge >= 0.3 is 12.0 Å². The molecule has 0 aliphatic rings. The van der Waals surface area contributed by atoms with Crippen LogP contribution in [0.5, 0.6) is 0 Å². The second-order valence-corrected chi connectivity index (χ2v) is 3.02. The fraction of sp³-hybridized carbons (Fsp3) is 0.100. The number of benzene rings is 1. The number of hydrogen-bond acceptors (Lipinski definition) is 3. The van der Waals surface area contributed by atoms with Gasteiger partial charge in [0.15, 0.2) is 0 Å². The van der Waals surface area contributed by atoms with E-state index in [9.17, 15) is 9.59 Å². The summed E-state index contributed by atoms with van der Waals surface area (Å²) in [6, 6.07) is 8.11. The molecule has 4 N–H and O–H groups in total. The number of amides is 2. The van der Waals surface area contributed by atoms with Gasteiger partial charge in [0, 0.05) is 5.56 Å². The smallest absolute Gasteiger partial charge is 0.349 e. The van der Waals surface area contributed by atoms with E-state index in [1.165, 1.54) is 12.1 Å². The molecule has 0 saturated carbocycles. The highest BCUT2D eigenvalue weighted by Gasteiger charge is 2.42. The molecule has 0 heterocycles. The molecule has 0 saturated heterocycles. The lowest BCUT2D eigenvalue weighted by Gasteiger charge is -2.22. The van der Waals surface area contributed by atoms with Gasteiger partial charge in [0.1, 0.15) is 6.07 Å². The SMILES string of the molecule is N#CC(NC(N)=O)(C(=O)O)c1ccccc1. The Hall–Kier alpha value is -2.55. The molecule has 0 aromatic heterocycles. The first-order valence-electron chi connectivity index (χ1n) is 4.30. The molecule has 1 rings (SSSR count). The maximum absolute atomic E-state index is 11.1. The number of carbonyl (C=O) groups excluding carboxylic acids is 1. The average molecular weight is 219 g/mol. The summed E-state index contributed by atoms with van der Waals surface area (Å²) in [7, 11) is 0. The molecule has 0 aliphatic carbocycles. The molecule has 2 amide bonds. The Bertz CT molecular complexity index is 452. The van der Waals surface area contributed by atoms with Gasteiger partial charge in [-0.1, -0.05) is 30.3 Å². The standard InChI is InChI=1S/C10H9N3O3/c11-6-10(8(14)15,13-9(12)16)7-4-2-1-3-5-7/h1-5H,(H,14,15)(H3,12,13,16). The van der Waals surface area contributed by atoms with Gasteiger partial charge in [0.05, 0.1) is 0 Å². The summed E-state index contributed by atoms with van der Waals surface area (Å²) in [5.41, 5.74) is 2.86. The predicted octanol–water partition coefficient (Wildman–Crippen LogP) is 0.158. The number of aliphatic carboxylic acids is 1. The summed E-state index contributed by atoms with van der Waals surface area (Å²) >= 11 is 0. The normalized spacial score (nSPS) is 13.2. The van der Waals surface area contributed by atoms with E-state index in [0.717, 1.165) is 0 Å². The third-order valence-corrected chi connectivity index (χ3v) is 2.01. The van der Waals surface area contributed by atoms with Crippen LogP contribution in [0.4, 0.5) is 4.79 Å². The van der Waals surface area contributed by atoms with Gasteiger partial charge in [-0.2, -0.15) is 5.26 Å². The van der Waals surface area contributed by atoms with Crippen molar-refractivity contribution in [3.05, 3.63) is 35.9 Å². The van der Waals surface area contributed by atoms with Crippen molar-refractivity contribution in [3.8, 4) is 6.07 Å². The number of carbonyl (C=O) groups is 2. The molecule has 16 heavy (non-hydrogen) atoms. The molecular formula is C10H9N3O3. The monoisotopic (exact) mass is 219 g/mol. The fourth-order valence-electron chi connectivity index (χ4n) is 1.26. The Morgan fingerprint density at radius 2 is 1.94 bits per heavy atom. The van der Waals surface area contributed by atoms with Crippen molar-refractivity contribution in [2.45, 2.75) is 5.54 Å². The van der Waals surface area contributed by atoms with E-state index in [0.29, 0.717) is 0 Å². The fourth-order valence-corrected chi connectivity index (χ4v) is 1.26. The van der Waals surface area contributed by atoms with Crippen molar-refractivity contribution in [2.24, 2.45) is 5.73 Å². The van der Waals surface area contributed by atoms with Crippen LogP contribution in [0, 0.1) is 11.3 Å². The molecule has 0 aliphatic heterocycles. The summed E-state index contributed by atoms with van der Waals surface area (Å²) in [5, 5.41) is 19.9. The maximum Gasteiger partial charge on any atom is 0.349 e. The van der Waals surface area contributed by atoms with Crippen molar-refractivity contribution >= 4 is 12.0 Å². The molecule has 0 spiro atoms. The lowest BCUT2D eigenvalue weighted by molar-refractivity contribution is -0.142. The molecule has 82 valence electrons. The zero-order chi connectivity index (χ0) is 12.2. The Morgan fingerprint density at radius 1 is 1.38 bits per heavy atom. The molecule has 0 radical (unpaired) electrons. The van der Waals surface area contributed by atoms with Gasteiger partial charge in [0.2, 0.25) is 0 Å². The second-order valence-electron chi connectivity index (χ2n) is 3.02. The van der Waals surface area contributed by atoms with Crippen LogP contribution in [0.25, 0.3) is 0 Å². The number of nitrogens with zero attached hydrogens (tertiary/aromatic N) is 1. The van der Waals surface area contributed by atoms with E-state index in [2.05, 4.69) is 0 Å². The van der Waals surface area contributed by atoms with Gasteiger partial charge in [-0.15, -0.1) is 0 Å². The van der Waals surface area contributed by atoms with Crippen molar-refractivity contribution in [1.82, 2.24) is 5.32 Å². The largest absolute Gasteiger partial charge is 0.478 e. The zero-order valence-electron chi connectivity index (χ0n) is 8.18. The average Bonchev–Trinajstić information content (AvgIpc) is 2.26. The van der Waals surface area contributed by atoms with E-state index < -0.39 is 17.5 Å². The van der Waals surface area contributed by atoms with E-state index in [4.69, 9.17) is 16.1 Å². The van der Waals surface area contributed by atoms with Crippen LogP contribution in [0.1, 0.15) is 5.56 Å². The van der Waals surface area contributed by atoms with E-state index in [1.54, 1.807) is 24.3 Å². The Kier molecular flexibility index (Phi) is 3.11. The number of carboxylic acids is 1. The quantitative estimate of drug-likeness (QED) is 0.671. The Balaban J connectivity index is 3.30. The van der Waals surface area contributed by atoms with Crippen LogP contribution < -0.4 is 11.1 Å². The molecule has 0 bridgehead atoms. The summed E-state index contributed by atoms with van der Waals surface area (Å²) < 4.78 is 0. The van der Waals surface area contributed by atoms with Crippen LogP contribution >= 0.6 is 0 Å². The van der Waals surface area contributed by atoms with Crippen molar-refractivity contribution in [3.63, 3.8) is 0 Å². The highest BCUT2D eigenvalue weighted by atomic mass is 16.4. The van der Waals surface area contributed by atoms with Crippen LogP contribution in [-0.2, 0) is 10.3 Å². The highest BCUT2D eigenvalue weighted by Crippen LogP contribution is 2.20. The first kappa shape index (κ1) is 11.5. The molecule has 1 aromatic rings. The summed E-state index contributed by atoms with van der Waals surface area (Å²) in [6.45, 7) is 0. The van der Waals surface area contributed by atoms with Crippen LogP contribution in [0.2, 0.25) is 0 Å². The van der Waals surface area contributed by atoms with Gasteiger partial charge in [-0.05, 0) is 0 Å². The maximum atomic E-state index is 11.1. The minimum atomic E-state index is -2.15. The number of hydrogen-bond donors (Lipinski definition) is 3. The number of nitriles is 1. The minimum Gasteiger partial charge on any atom is -0.478 e. The number of nitrogens with two attached hydrogens (primary N) is 1. The Labute approximate surface area is 91.3 Å². The zero-order valence-corrected chi connectivity index (χ0v) is 8.18. The molecule has 0 fully saturated rings. The molecule has 6 heteroatoms. The topological polar surface area (TPSA) is 116 Å². The first-order valence-corrected chi connectivity index (χ1v) is 4.30. The number of nitrogens with one attached hydrogen (secondary N) is 1. The van der Waals surface area contributed by atoms with Gasteiger partial charge in [-0.3, -0.25) is 0 Å². The molecule has 1 atom stereocenters. The van der Waals surface area contributed by atoms with Crippen molar-refractivity contribution < 1.29 is 14.7 Å². The summed E-state index contributed by atoms with van der Waals surface area (Å²) in [4.78, 5) is 21.8.